The minimum atomic E-state index is -3.93. The number of nitrogens with zero attached hydrogens (tertiary/aromatic N) is 2. The van der Waals surface area contributed by atoms with E-state index in [0.717, 1.165) is 37.4 Å². The molecule has 0 radical (unpaired) electrons. The van der Waals surface area contributed by atoms with E-state index in [1.165, 1.54) is 11.3 Å². The lowest BCUT2D eigenvalue weighted by atomic mass is 9.90. The number of aromatic amines is 1. The van der Waals surface area contributed by atoms with Crippen LogP contribution in [0, 0.1) is 12.8 Å². The van der Waals surface area contributed by atoms with E-state index < -0.39 is 26.7 Å². The number of imidazole rings is 1. The summed E-state index contributed by atoms with van der Waals surface area (Å²) in [6, 6.07) is 5.59. The lowest BCUT2D eigenvalue weighted by Gasteiger charge is -2.13. The van der Waals surface area contributed by atoms with Crippen molar-refractivity contribution in [2.24, 2.45) is 5.92 Å². The van der Waals surface area contributed by atoms with Crippen LogP contribution in [0.1, 0.15) is 68.4 Å². The normalized spacial score (nSPS) is 14.3. The van der Waals surface area contributed by atoms with Crippen molar-refractivity contribution in [2.75, 3.05) is 0 Å². The molecule has 0 saturated heterocycles. The van der Waals surface area contributed by atoms with Gasteiger partial charge in [-0.15, -0.1) is 11.3 Å². The molecule has 1 saturated carbocycles. The number of carbonyl (C=O) groups excluding carboxylic acids is 2. The van der Waals surface area contributed by atoms with Crippen LogP contribution in [-0.4, -0.2) is 46.0 Å². The van der Waals surface area contributed by atoms with Crippen LogP contribution in [0.2, 0.25) is 0 Å². The Morgan fingerprint density at radius 1 is 1.17 bits per heavy atom. The van der Waals surface area contributed by atoms with E-state index in [1.54, 1.807) is 5.38 Å². The molecule has 0 aliphatic heterocycles. The third kappa shape index (κ3) is 5.91. The van der Waals surface area contributed by atoms with Crippen molar-refractivity contribution in [2.45, 2.75) is 56.4 Å². The van der Waals surface area contributed by atoms with Gasteiger partial charge in [-0.3, -0.25) is 9.59 Å². The van der Waals surface area contributed by atoms with Crippen molar-refractivity contribution in [3.05, 3.63) is 62.9 Å². The third-order valence-electron chi connectivity index (χ3n) is 6.01. The van der Waals surface area contributed by atoms with Crippen LogP contribution < -0.4 is 0 Å². The van der Waals surface area contributed by atoms with Crippen molar-refractivity contribution in [3.63, 3.8) is 0 Å². The second-order valence-electron chi connectivity index (χ2n) is 8.80. The van der Waals surface area contributed by atoms with Gasteiger partial charge in [-0.05, 0) is 31.4 Å². The summed E-state index contributed by atoms with van der Waals surface area (Å²) in [6.45, 7) is 1.92. The summed E-state index contributed by atoms with van der Waals surface area (Å²) in [5.41, 5.74) is 2.23. The topological polar surface area (TPSA) is 147 Å². The highest BCUT2D eigenvalue weighted by molar-refractivity contribution is 7.90. The molecule has 0 spiro atoms. The lowest BCUT2D eigenvalue weighted by Crippen LogP contribution is -2.16. The number of carbonyl (C=O) groups is 3. The van der Waals surface area contributed by atoms with Gasteiger partial charge in [0.25, 0.3) is 0 Å². The fourth-order valence-electron chi connectivity index (χ4n) is 4.25. The van der Waals surface area contributed by atoms with E-state index in [0.29, 0.717) is 16.1 Å². The zero-order valence-electron chi connectivity index (χ0n) is 19.1. The number of Topliss-reactive ketones (excluding diaryl/α,β-unsaturated/α-hetero) is 2. The molecule has 35 heavy (non-hydrogen) atoms. The Labute approximate surface area is 206 Å². The molecule has 2 N–H and O–H groups in total. The Balaban J connectivity index is 1.42. The standard InChI is InChI=1S/C24H25N3O6S2/c1-14-6-7-16(19(8-14)22(29)15-4-2-3-5-15)9-18(28)10-21-26-17(12-34-21)13-35(32,33)24-25-11-20(27-24)23(30)31/h6-8,11-12,15H,2-5,9-10,13H2,1H3,(H,25,27)(H,30,31). The number of carboxylic acids is 1. The van der Waals surface area contributed by atoms with Crippen molar-refractivity contribution in [1.29, 1.82) is 0 Å². The molecule has 1 fully saturated rings. The predicted molar refractivity (Wildman–Crippen MR) is 128 cm³/mol. The smallest absolute Gasteiger partial charge is 0.353 e. The number of ketones is 2. The van der Waals surface area contributed by atoms with Gasteiger partial charge in [0.1, 0.15) is 22.2 Å². The van der Waals surface area contributed by atoms with Crippen LogP contribution in [-0.2, 0) is 33.2 Å². The largest absolute Gasteiger partial charge is 0.477 e. The lowest BCUT2D eigenvalue weighted by molar-refractivity contribution is -0.117. The molecule has 1 aromatic carbocycles. The number of hydrogen-bond acceptors (Lipinski definition) is 8. The molecule has 184 valence electrons. The molecule has 0 unspecified atom stereocenters. The summed E-state index contributed by atoms with van der Waals surface area (Å²) in [5, 5.41) is 10.5. The first kappa shape index (κ1) is 24.9. The first-order chi connectivity index (χ1) is 16.6. The van der Waals surface area contributed by atoms with Crippen molar-refractivity contribution in [3.8, 4) is 0 Å². The molecular formula is C24H25N3O6S2. The summed E-state index contributed by atoms with van der Waals surface area (Å²) >= 11 is 1.18. The minimum Gasteiger partial charge on any atom is -0.477 e. The van der Waals surface area contributed by atoms with Gasteiger partial charge in [-0.2, -0.15) is 0 Å². The van der Waals surface area contributed by atoms with E-state index in [4.69, 9.17) is 5.11 Å². The van der Waals surface area contributed by atoms with E-state index in [-0.39, 0.29) is 41.7 Å². The monoisotopic (exact) mass is 515 g/mol. The summed E-state index contributed by atoms with van der Waals surface area (Å²) in [7, 11) is -3.93. The van der Waals surface area contributed by atoms with Crippen LogP contribution in [0.3, 0.4) is 0 Å². The maximum atomic E-state index is 13.0. The molecule has 1 aliphatic rings. The maximum absolute atomic E-state index is 13.0. The number of nitrogens with one attached hydrogen (secondary N) is 1. The van der Waals surface area contributed by atoms with Gasteiger partial charge < -0.3 is 10.1 Å². The van der Waals surface area contributed by atoms with Gasteiger partial charge in [-0.1, -0.05) is 30.5 Å². The number of thiazole rings is 1. The number of aromatic nitrogens is 3. The first-order valence-corrected chi connectivity index (χ1v) is 13.8. The highest BCUT2D eigenvalue weighted by Crippen LogP contribution is 2.30. The fourth-order valence-corrected chi connectivity index (χ4v) is 6.34. The van der Waals surface area contributed by atoms with E-state index in [9.17, 15) is 22.8 Å². The SMILES string of the molecule is Cc1ccc(CC(=O)Cc2nc(CS(=O)(=O)c3ncc(C(=O)O)[nH]3)cs2)c(C(=O)C2CCCC2)c1. The second-order valence-corrected chi connectivity index (χ2v) is 11.6. The molecule has 0 amide bonds. The zero-order chi connectivity index (χ0) is 25.2. The molecule has 1 aliphatic carbocycles. The first-order valence-electron chi connectivity index (χ1n) is 11.2. The molecular weight excluding hydrogens is 490 g/mol. The Morgan fingerprint density at radius 2 is 1.91 bits per heavy atom. The Morgan fingerprint density at radius 3 is 2.60 bits per heavy atom. The summed E-state index contributed by atoms with van der Waals surface area (Å²) in [5.74, 6) is -1.76. The van der Waals surface area contributed by atoms with Crippen LogP contribution >= 0.6 is 11.3 Å². The Kier molecular flexibility index (Phi) is 7.27. The zero-order valence-corrected chi connectivity index (χ0v) is 20.7. The number of aromatic carboxylic acids is 1. The fraction of sp³-hybridized carbons (Fsp3) is 0.375. The van der Waals surface area contributed by atoms with Gasteiger partial charge in [0, 0.05) is 23.3 Å². The molecule has 0 bridgehead atoms. The predicted octanol–water partition coefficient (Wildman–Crippen LogP) is 3.57. The number of sulfone groups is 1. The molecule has 2 heterocycles. The summed E-state index contributed by atoms with van der Waals surface area (Å²) < 4.78 is 25.1. The second kappa shape index (κ2) is 10.2. The average molecular weight is 516 g/mol. The molecule has 2 aromatic heterocycles. The van der Waals surface area contributed by atoms with Gasteiger partial charge in [-0.25, -0.2) is 23.2 Å². The highest BCUT2D eigenvalue weighted by atomic mass is 32.2. The molecule has 4 rings (SSSR count). The summed E-state index contributed by atoms with van der Waals surface area (Å²) in [4.78, 5) is 47.0. The number of carboxylic acid groups (broad SMARTS) is 1. The number of H-pyrrole nitrogens is 1. The highest BCUT2D eigenvalue weighted by Gasteiger charge is 2.26. The van der Waals surface area contributed by atoms with Gasteiger partial charge >= 0.3 is 5.97 Å². The van der Waals surface area contributed by atoms with E-state index >= 15 is 0 Å². The van der Waals surface area contributed by atoms with Crippen LogP contribution in [0.4, 0.5) is 0 Å². The van der Waals surface area contributed by atoms with Crippen LogP contribution in [0.15, 0.2) is 34.9 Å². The maximum Gasteiger partial charge on any atom is 0.353 e. The van der Waals surface area contributed by atoms with Crippen LogP contribution in [0.5, 0.6) is 0 Å². The quantitative estimate of drug-likeness (QED) is 0.390. The molecule has 3 aromatic rings. The van der Waals surface area contributed by atoms with Crippen molar-refractivity contribution in [1.82, 2.24) is 15.0 Å². The van der Waals surface area contributed by atoms with Crippen LogP contribution in [0.25, 0.3) is 0 Å². The third-order valence-corrected chi connectivity index (χ3v) is 8.38. The Bertz CT molecular complexity index is 1380. The molecule has 0 atom stereocenters. The van der Waals surface area contributed by atoms with Crippen molar-refractivity contribution >= 4 is 38.7 Å². The molecule has 11 heteroatoms. The number of aryl methyl sites for hydroxylation is 1. The average Bonchev–Trinajstić information content (AvgIpc) is 3.56. The number of rotatable bonds is 10. The van der Waals surface area contributed by atoms with Crippen molar-refractivity contribution < 1.29 is 27.9 Å². The van der Waals surface area contributed by atoms with E-state index in [2.05, 4.69) is 15.0 Å². The number of hydrogen-bond donors (Lipinski definition) is 2. The van der Waals surface area contributed by atoms with Gasteiger partial charge in [0.15, 0.2) is 5.78 Å². The minimum absolute atomic E-state index is 0.0230. The number of benzene rings is 1. The van der Waals surface area contributed by atoms with E-state index in [1.807, 2.05) is 25.1 Å². The Hall–Kier alpha value is -3.18. The van der Waals surface area contributed by atoms with Gasteiger partial charge in [0.2, 0.25) is 15.0 Å². The summed E-state index contributed by atoms with van der Waals surface area (Å²) in [6.07, 6.45) is 4.96. The molecule has 9 nitrogen and oxygen atoms in total. The van der Waals surface area contributed by atoms with Gasteiger partial charge in [0.05, 0.1) is 18.3 Å².